The van der Waals surface area contributed by atoms with E-state index >= 15 is 0 Å². The van der Waals surface area contributed by atoms with E-state index in [0.717, 1.165) is 0 Å². The van der Waals surface area contributed by atoms with Crippen LogP contribution in [0.2, 0.25) is 0 Å². The first-order chi connectivity index (χ1) is 8.78. The first kappa shape index (κ1) is 15.6. The number of hydrogen-bond donors (Lipinski definition) is 3. The van der Waals surface area contributed by atoms with Gasteiger partial charge in [-0.15, -0.1) is 0 Å². The Hall–Kier alpha value is -1.46. The average molecular weight is 284 g/mol. The fourth-order valence-electron chi connectivity index (χ4n) is 1.32. The van der Waals surface area contributed by atoms with E-state index in [1.165, 1.54) is 13.0 Å². The van der Waals surface area contributed by atoms with Gasteiger partial charge >= 0.3 is 0 Å². The summed E-state index contributed by atoms with van der Waals surface area (Å²) in [6, 6.07) is 8.21. The number of sulfonamides is 1. The van der Waals surface area contributed by atoms with Crippen molar-refractivity contribution < 1.29 is 18.6 Å². The van der Waals surface area contributed by atoms with Gasteiger partial charge in [-0.25, -0.2) is 13.1 Å². The lowest BCUT2D eigenvalue weighted by atomic mass is 10.1. The molecule has 0 aliphatic rings. The third-order valence-electron chi connectivity index (χ3n) is 2.43. The van der Waals surface area contributed by atoms with Crippen LogP contribution in [0.15, 0.2) is 24.3 Å². The molecule has 0 aromatic heterocycles. The first-order valence-corrected chi connectivity index (χ1v) is 7.23. The fourth-order valence-corrected chi connectivity index (χ4v) is 2.57. The minimum Gasteiger partial charge on any atom is -0.393 e. The minimum atomic E-state index is -3.63. The highest BCUT2D eigenvalue weighted by Crippen LogP contribution is 2.09. The third-order valence-corrected chi connectivity index (χ3v) is 3.72. The van der Waals surface area contributed by atoms with Crippen LogP contribution in [0, 0.1) is 11.3 Å². The van der Waals surface area contributed by atoms with Crippen LogP contribution in [0.25, 0.3) is 0 Å². The van der Waals surface area contributed by atoms with Crippen LogP contribution < -0.4 is 4.72 Å². The molecular formula is C12H16N2O4S. The maximum absolute atomic E-state index is 11.8. The average Bonchev–Trinajstić information content (AvgIpc) is 2.36. The summed E-state index contributed by atoms with van der Waals surface area (Å²) in [5.74, 6) is -0.288. The number of nitrogens with zero attached hydrogens (tertiary/aromatic N) is 1. The number of nitriles is 1. The largest absolute Gasteiger partial charge is 0.393 e. The van der Waals surface area contributed by atoms with Crippen LogP contribution in [0.5, 0.6) is 0 Å². The van der Waals surface area contributed by atoms with E-state index in [9.17, 15) is 13.5 Å². The van der Waals surface area contributed by atoms with Crippen LogP contribution in [-0.2, 0) is 15.8 Å². The summed E-state index contributed by atoms with van der Waals surface area (Å²) in [5, 5.41) is 27.1. The maximum Gasteiger partial charge on any atom is 0.215 e. The molecule has 1 rings (SSSR count). The van der Waals surface area contributed by atoms with Crippen molar-refractivity contribution >= 4 is 10.0 Å². The van der Waals surface area contributed by atoms with Crippen molar-refractivity contribution in [3.05, 3.63) is 35.4 Å². The van der Waals surface area contributed by atoms with E-state index < -0.39 is 22.2 Å². The standard InChI is InChI=1S/C12H16N2O4S/c1-12(16,9-15)8-14-19(17,18)7-11-4-2-3-10(5-11)6-13/h2-5,14-16H,7-9H2,1H3. The van der Waals surface area contributed by atoms with Gasteiger partial charge in [-0.1, -0.05) is 12.1 Å². The number of aliphatic hydroxyl groups excluding tert-OH is 1. The Morgan fingerprint density at radius 2 is 2.16 bits per heavy atom. The Morgan fingerprint density at radius 3 is 2.74 bits per heavy atom. The van der Waals surface area contributed by atoms with Gasteiger partial charge in [0.2, 0.25) is 10.0 Å². The summed E-state index contributed by atoms with van der Waals surface area (Å²) in [6.45, 7) is 0.509. The Kier molecular flexibility index (Phi) is 5.03. The molecule has 0 bridgehead atoms. The second-order valence-electron chi connectivity index (χ2n) is 4.55. The Morgan fingerprint density at radius 1 is 1.47 bits per heavy atom. The molecule has 0 amide bonds. The van der Waals surface area contributed by atoms with Gasteiger partial charge in [0, 0.05) is 6.54 Å². The second-order valence-corrected chi connectivity index (χ2v) is 6.35. The smallest absolute Gasteiger partial charge is 0.215 e. The van der Waals surface area contributed by atoms with Gasteiger partial charge in [0.25, 0.3) is 0 Å². The van der Waals surface area contributed by atoms with Crippen molar-refractivity contribution in [2.24, 2.45) is 0 Å². The molecule has 0 radical (unpaired) electrons. The Bertz CT molecular complexity index is 576. The van der Waals surface area contributed by atoms with Crippen molar-refractivity contribution in [3.63, 3.8) is 0 Å². The number of aliphatic hydroxyl groups is 2. The zero-order valence-electron chi connectivity index (χ0n) is 10.5. The highest BCUT2D eigenvalue weighted by Gasteiger charge is 2.22. The van der Waals surface area contributed by atoms with Crippen LogP contribution in [-0.4, -0.2) is 37.4 Å². The van der Waals surface area contributed by atoms with E-state index in [1.54, 1.807) is 18.2 Å². The Balaban J connectivity index is 2.72. The predicted molar refractivity (Wildman–Crippen MR) is 69.5 cm³/mol. The monoisotopic (exact) mass is 284 g/mol. The molecule has 0 saturated carbocycles. The number of hydrogen-bond acceptors (Lipinski definition) is 5. The molecule has 6 nitrogen and oxygen atoms in total. The van der Waals surface area contributed by atoms with Crippen LogP contribution >= 0.6 is 0 Å². The van der Waals surface area contributed by atoms with Gasteiger partial charge in [-0.3, -0.25) is 0 Å². The molecule has 1 atom stereocenters. The molecule has 1 unspecified atom stereocenters. The molecule has 1 aromatic carbocycles. The van der Waals surface area contributed by atoms with Gasteiger partial charge in [-0.05, 0) is 24.6 Å². The van der Waals surface area contributed by atoms with E-state index in [4.69, 9.17) is 10.4 Å². The van der Waals surface area contributed by atoms with Gasteiger partial charge in [-0.2, -0.15) is 5.26 Å². The zero-order chi connectivity index (χ0) is 14.5. The highest BCUT2D eigenvalue weighted by molar-refractivity contribution is 7.88. The number of rotatable bonds is 6. The molecule has 3 N–H and O–H groups in total. The SMILES string of the molecule is CC(O)(CO)CNS(=O)(=O)Cc1cccc(C#N)c1. The van der Waals surface area contributed by atoms with Crippen molar-refractivity contribution in [1.29, 1.82) is 5.26 Å². The molecule has 0 fully saturated rings. The lowest BCUT2D eigenvalue weighted by molar-refractivity contribution is 0.00680. The molecular weight excluding hydrogens is 268 g/mol. The summed E-state index contributed by atoms with van der Waals surface area (Å²) in [5.41, 5.74) is -0.632. The number of benzene rings is 1. The van der Waals surface area contributed by atoms with Gasteiger partial charge < -0.3 is 10.2 Å². The second kappa shape index (κ2) is 6.12. The number of nitrogens with one attached hydrogen (secondary N) is 1. The molecule has 0 spiro atoms. The quantitative estimate of drug-likeness (QED) is 0.665. The molecule has 0 aliphatic heterocycles. The molecule has 0 heterocycles. The topological polar surface area (TPSA) is 110 Å². The van der Waals surface area contributed by atoms with E-state index in [1.807, 2.05) is 6.07 Å². The summed E-state index contributed by atoms with van der Waals surface area (Å²) in [6.07, 6.45) is 0. The van der Waals surface area contributed by atoms with E-state index in [2.05, 4.69) is 4.72 Å². The van der Waals surface area contributed by atoms with Crippen molar-refractivity contribution in [2.45, 2.75) is 18.3 Å². The van der Waals surface area contributed by atoms with E-state index in [-0.39, 0.29) is 12.3 Å². The normalized spacial score (nSPS) is 14.6. The molecule has 7 heteroatoms. The van der Waals surface area contributed by atoms with Gasteiger partial charge in [0.15, 0.2) is 0 Å². The minimum absolute atomic E-state index is 0.274. The third kappa shape index (κ3) is 5.36. The molecule has 0 saturated heterocycles. The predicted octanol–water partition coefficient (Wildman–Crippen LogP) is -0.279. The zero-order valence-corrected chi connectivity index (χ0v) is 11.3. The first-order valence-electron chi connectivity index (χ1n) is 5.58. The lowest BCUT2D eigenvalue weighted by Gasteiger charge is -2.20. The summed E-state index contributed by atoms with van der Waals surface area (Å²) < 4.78 is 25.8. The van der Waals surface area contributed by atoms with Crippen molar-refractivity contribution in [2.75, 3.05) is 13.2 Å². The summed E-state index contributed by atoms with van der Waals surface area (Å²) in [4.78, 5) is 0. The van der Waals surface area contributed by atoms with Crippen molar-refractivity contribution in [3.8, 4) is 6.07 Å². The summed E-state index contributed by atoms with van der Waals surface area (Å²) >= 11 is 0. The molecule has 104 valence electrons. The van der Waals surface area contributed by atoms with E-state index in [0.29, 0.717) is 11.1 Å². The van der Waals surface area contributed by atoms with Crippen LogP contribution in [0.1, 0.15) is 18.1 Å². The fraction of sp³-hybridized carbons (Fsp3) is 0.417. The maximum atomic E-state index is 11.8. The lowest BCUT2D eigenvalue weighted by Crippen LogP contribution is -2.43. The van der Waals surface area contributed by atoms with Crippen LogP contribution in [0.4, 0.5) is 0 Å². The van der Waals surface area contributed by atoms with Crippen LogP contribution in [0.3, 0.4) is 0 Å². The van der Waals surface area contributed by atoms with Gasteiger partial charge in [0.1, 0.15) is 0 Å². The summed E-state index contributed by atoms with van der Waals surface area (Å²) in [7, 11) is -3.63. The van der Waals surface area contributed by atoms with Crippen molar-refractivity contribution in [1.82, 2.24) is 4.72 Å². The molecule has 19 heavy (non-hydrogen) atoms. The molecule has 0 aliphatic carbocycles. The Labute approximate surface area is 112 Å². The molecule has 1 aromatic rings. The van der Waals surface area contributed by atoms with Gasteiger partial charge in [0.05, 0.1) is 29.6 Å². The highest BCUT2D eigenvalue weighted by atomic mass is 32.2.